The quantitative estimate of drug-likeness (QED) is 0.826. The van der Waals surface area contributed by atoms with E-state index in [9.17, 15) is 18.0 Å². The first-order valence-electron chi connectivity index (χ1n) is 7.51. The van der Waals surface area contributed by atoms with Crippen LogP contribution >= 0.6 is 12.4 Å². The number of rotatable bonds is 3. The molecule has 1 aliphatic carbocycles. The zero-order chi connectivity index (χ0) is 15.5. The first-order chi connectivity index (χ1) is 9.87. The van der Waals surface area contributed by atoms with Crippen molar-refractivity contribution >= 4 is 18.3 Å². The van der Waals surface area contributed by atoms with Gasteiger partial charge < -0.3 is 15.4 Å². The van der Waals surface area contributed by atoms with Crippen molar-refractivity contribution in [3.05, 3.63) is 0 Å². The van der Waals surface area contributed by atoms with Crippen LogP contribution in [0.4, 0.5) is 13.2 Å². The van der Waals surface area contributed by atoms with E-state index >= 15 is 0 Å². The molecule has 0 spiro atoms. The Balaban J connectivity index is 0.00000242. The van der Waals surface area contributed by atoms with Crippen LogP contribution in [0.1, 0.15) is 38.5 Å². The Morgan fingerprint density at radius 2 is 1.73 bits per heavy atom. The van der Waals surface area contributed by atoms with E-state index in [-0.39, 0.29) is 37.2 Å². The van der Waals surface area contributed by atoms with Gasteiger partial charge in [0.15, 0.2) is 0 Å². The molecule has 2 fully saturated rings. The molecule has 22 heavy (non-hydrogen) atoms. The highest BCUT2D eigenvalue weighted by molar-refractivity contribution is 5.86. The molecule has 1 saturated carbocycles. The molecular weight excluding hydrogens is 321 g/mol. The Kier molecular flexibility index (Phi) is 6.95. The number of hydrogen-bond acceptors (Lipinski definition) is 3. The zero-order valence-corrected chi connectivity index (χ0v) is 13.5. The number of amides is 1. The molecule has 1 amide bonds. The highest BCUT2D eigenvalue weighted by Crippen LogP contribution is 2.37. The monoisotopic (exact) mass is 344 g/mol. The molecule has 0 bridgehead atoms. The highest BCUT2D eigenvalue weighted by atomic mass is 35.5. The van der Waals surface area contributed by atoms with Crippen LogP contribution in [0.5, 0.6) is 0 Å². The lowest BCUT2D eigenvalue weighted by atomic mass is 9.84. The van der Waals surface area contributed by atoms with E-state index in [4.69, 9.17) is 4.74 Å². The predicted molar refractivity (Wildman–Crippen MR) is 79.0 cm³/mol. The Hall–Kier alpha value is -0.530. The van der Waals surface area contributed by atoms with Crippen LogP contribution in [0.15, 0.2) is 0 Å². The van der Waals surface area contributed by atoms with Gasteiger partial charge in [-0.15, -0.1) is 12.4 Å². The number of piperidine rings is 1. The molecule has 0 atom stereocenters. The van der Waals surface area contributed by atoms with Crippen LogP contribution in [0.25, 0.3) is 0 Å². The molecule has 1 heterocycles. The molecule has 4 nitrogen and oxygen atoms in total. The van der Waals surface area contributed by atoms with E-state index in [0.29, 0.717) is 38.8 Å². The standard InChI is InChI=1S/C14H23F3N2O2.ClH/c1-21-13(6-8-18-9-7-13)12(20)19-11-4-2-10(3-5-11)14(15,16)17;/h10-11,18H,2-9H2,1H3,(H,19,20);1H. The molecule has 0 radical (unpaired) electrons. The fraction of sp³-hybridized carbons (Fsp3) is 0.929. The van der Waals surface area contributed by atoms with Crippen molar-refractivity contribution in [1.29, 1.82) is 0 Å². The molecule has 1 saturated heterocycles. The summed E-state index contributed by atoms with van der Waals surface area (Å²) in [4.78, 5) is 12.4. The maximum absolute atomic E-state index is 12.6. The average molecular weight is 345 g/mol. The minimum atomic E-state index is -4.11. The minimum Gasteiger partial charge on any atom is -0.368 e. The normalized spacial score (nSPS) is 28.5. The van der Waals surface area contributed by atoms with Gasteiger partial charge >= 0.3 is 6.18 Å². The lowest BCUT2D eigenvalue weighted by Gasteiger charge is -2.37. The summed E-state index contributed by atoms with van der Waals surface area (Å²) >= 11 is 0. The van der Waals surface area contributed by atoms with E-state index < -0.39 is 17.7 Å². The molecule has 2 aliphatic rings. The second kappa shape index (κ2) is 7.84. The van der Waals surface area contributed by atoms with E-state index in [2.05, 4.69) is 10.6 Å². The molecule has 130 valence electrons. The Labute approximate surface area is 134 Å². The Morgan fingerprint density at radius 1 is 1.18 bits per heavy atom. The summed E-state index contributed by atoms with van der Waals surface area (Å²) in [6.45, 7) is 1.42. The predicted octanol–water partition coefficient (Wildman–Crippen LogP) is 2.41. The first-order valence-corrected chi connectivity index (χ1v) is 7.51. The van der Waals surface area contributed by atoms with Crippen molar-refractivity contribution in [3.8, 4) is 0 Å². The lowest BCUT2D eigenvalue weighted by molar-refractivity contribution is -0.183. The third-order valence-electron chi connectivity index (χ3n) is 4.74. The van der Waals surface area contributed by atoms with E-state index in [1.807, 2.05) is 0 Å². The van der Waals surface area contributed by atoms with Crippen molar-refractivity contribution in [2.45, 2.75) is 56.3 Å². The van der Waals surface area contributed by atoms with Gasteiger partial charge in [-0.2, -0.15) is 13.2 Å². The maximum atomic E-state index is 12.6. The van der Waals surface area contributed by atoms with Crippen LogP contribution in [0.2, 0.25) is 0 Å². The number of carbonyl (C=O) groups is 1. The molecule has 1 aliphatic heterocycles. The van der Waals surface area contributed by atoms with Crippen molar-refractivity contribution in [3.63, 3.8) is 0 Å². The largest absolute Gasteiger partial charge is 0.391 e. The van der Waals surface area contributed by atoms with Crippen molar-refractivity contribution in [2.75, 3.05) is 20.2 Å². The fourth-order valence-electron chi connectivity index (χ4n) is 3.24. The summed E-state index contributed by atoms with van der Waals surface area (Å²) in [6.07, 6.45) is -1.98. The van der Waals surface area contributed by atoms with Gasteiger partial charge in [0.2, 0.25) is 0 Å². The molecule has 2 rings (SSSR count). The number of alkyl halides is 3. The molecule has 0 aromatic heterocycles. The maximum Gasteiger partial charge on any atom is 0.391 e. The van der Waals surface area contributed by atoms with Gasteiger partial charge in [0, 0.05) is 13.2 Å². The summed E-state index contributed by atoms with van der Waals surface area (Å²) in [5.74, 6) is -1.40. The third-order valence-corrected chi connectivity index (χ3v) is 4.74. The summed E-state index contributed by atoms with van der Waals surface area (Å²) in [5, 5.41) is 6.06. The van der Waals surface area contributed by atoms with Crippen LogP contribution in [-0.2, 0) is 9.53 Å². The second-order valence-corrected chi connectivity index (χ2v) is 6.01. The average Bonchev–Trinajstić information content (AvgIpc) is 2.47. The van der Waals surface area contributed by atoms with E-state index in [1.54, 1.807) is 0 Å². The molecule has 8 heteroatoms. The van der Waals surface area contributed by atoms with Gasteiger partial charge in [-0.3, -0.25) is 4.79 Å². The summed E-state index contributed by atoms with van der Waals surface area (Å²) in [7, 11) is 1.52. The number of ether oxygens (including phenoxy) is 1. The molecular formula is C14H24ClF3N2O2. The van der Waals surface area contributed by atoms with Gasteiger partial charge in [0.1, 0.15) is 5.60 Å². The number of methoxy groups -OCH3 is 1. The summed E-state index contributed by atoms with van der Waals surface area (Å²) in [5.41, 5.74) is -0.827. The van der Waals surface area contributed by atoms with E-state index in [1.165, 1.54) is 7.11 Å². The fourth-order valence-corrected chi connectivity index (χ4v) is 3.24. The Morgan fingerprint density at radius 3 is 2.18 bits per heavy atom. The van der Waals surface area contributed by atoms with E-state index in [0.717, 1.165) is 0 Å². The van der Waals surface area contributed by atoms with Crippen molar-refractivity contribution in [2.24, 2.45) is 5.92 Å². The second-order valence-electron chi connectivity index (χ2n) is 6.01. The molecule has 0 aromatic carbocycles. The highest BCUT2D eigenvalue weighted by Gasteiger charge is 2.44. The van der Waals surface area contributed by atoms with Crippen LogP contribution in [0, 0.1) is 5.92 Å². The molecule has 0 aromatic rings. The van der Waals surface area contributed by atoms with Crippen LogP contribution in [-0.4, -0.2) is 43.9 Å². The van der Waals surface area contributed by atoms with Gasteiger partial charge in [-0.25, -0.2) is 0 Å². The van der Waals surface area contributed by atoms with Gasteiger partial charge in [-0.1, -0.05) is 0 Å². The zero-order valence-electron chi connectivity index (χ0n) is 12.7. The smallest absolute Gasteiger partial charge is 0.368 e. The number of nitrogens with one attached hydrogen (secondary N) is 2. The minimum absolute atomic E-state index is 0. The van der Waals surface area contributed by atoms with Gasteiger partial charge in [0.25, 0.3) is 5.91 Å². The first kappa shape index (κ1) is 19.5. The van der Waals surface area contributed by atoms with Crippen LogP contribution in [0.3, 0.4) is 0 Å². The van der Waals surface area contributed by atoms with Crippen molar-refractivity contribution < 1.29 is 22.7 Å². The topological polar surface area (TPSA) is 50.4 Å². The Bertz CT molecular complexity index is 366. The lowest BCUT2D eigenvalue weighted by Crippen LogP contribution is -2.56. The SMILES string of the molecule is COC1(C(=O)NC2CCC(C(F)(F)F)CC2)CCNCC1.Cl. The van der Waals surface area contributed by atoms with Gasteiger partial charge in [-0.05, 0) is 51.6 Å². The van der Waals surface area contributed by atoms with Crippen LogP contribution < -0.4 is 10.6 Å². The number of hydrogen-bond donors (Lipinski definition) is 2. The summed E-state index contributed by atoms with van der Waals surface area (Å²) < 4.78 is 43.3. The number of halogens is 4. The summed E-state index contributed by atoms with van der Waals surface area (Å²) in [6, 6.07) is -0.169. The third kappa shape index (κ3) is 4.49. The molecule has 0 unspecified atom stereocenters. The molecule has 2 N–H and O–H groups in total. The number of carbonyl (C=O) groups excluding carboxylic acids is 1. The van der Waals surface area contributed by atoms with Crippen molar-refractivity contribution in [1.82, 2.24) is 10.6 Å². The van der Waals surface area contributed by atoms with Gasteiger partial charge in [0.05, 0.1) is 5.92 Å².